The SMILES string of the molecule is CC[CH]NC(CC)N(CCCC)CCCC. The van der Waals surface area contributed by atoms with Crippen molar-refractivity contribution in [3.05, 3.63) is 6.54 Å². The third kappa shape index (κ3) is 7.24. The molecule has 16 heavy (non-hydrogen) atoms. The van der Waals surface area contributed by atoms with E-state index < -0.39 is 0 Å². The van der Waals surface area contributed by atoms with Crippen LogP contribution in [-0.4, -0.2) is 24.2 Å². The maximum Gasteiger partial charge on any atom is 0.0597 e. The Kier molecular flexibility index (Phi) is 11.3. The molecule has 2 nitrogen and oxygen atoms in total. The van der Waals surface area contributed by atoms with Crippen molar-refractivity contribution in [1.29, 1.82) is 0 Å². The Morgan fingerprint density at radius 1 is 1.00 bits per heavy atom. The van der Waals surface area contributed by atoms with Gasteiger partial charge in [-0.1, -0.05) is 40.5 Å². The molecule has 0 spiro atoms. The molecule has 0 aromatic heterocycles. The highest BCUT2D eigenvalue weighted by Gasteiger charge is 2.14. The van der Waals surface area contributed by atoms with Gasteiger partial charge in [0.2, 0.25) is 0 Å². The van der Waals surface area contributed by atoms with Crippen LogP contribution < -0.4 is 5.32 Å². The number of rotatable bonds is 11. The van der Waals surface area contributed by atoms with Crippen molar-refractivity contribution in [1.82, 2.24) is 10.2 Å². The summed E-state index contributed by atoms with van der Waals surface area (Å²) in [7, 11) is 0. The molecular weight excluding hydrogens is 196 g/mol. The predicted molar refractivity (Wildman–Crippen MR) is 73.2 cm³/mol. The first-order valence-electron chi connectivity index (χ1n) is 7.11. The summed E-state index contributed by atoms with van der Waals surface area (Å²) in [6.45, 7) is 13.7. The van der Waals surface area contributed by atoms with Crippen LogP contribution in [0.2, 0.25) is 0 Å². The van der Waals surface area contributed by atoms with E-state index in [4.69, 9.17) is 0 Å². The zero-order chi connectivity index (χ0) is 12.2. The summed E-state index contributed by atoms with van der Waals surface area (Å²) in [5, 5.41) is 3.54. The highest BCUT2D eigenvalue weighted by molar-refractivity contribution is 4.72. The minimum absolute atomic E-state index is 0.540. The van der Waals surface area contributed by atoms with Gasteiger partial charge in [-0.25, -0.2) is 0 Å². The predicted octanol–water partition coefficient (Wildman–Crippen LogP) is 3.79. The van der Waals surface area contributed by atoms with E-state index >= 15 is 0 Å². The Morgan fingerprint density at radius 3 is 1.94 bits per heavy atom. The van der Waals surface area contributed by atoms with Crippen molar-refractivity contribution in [3.8, 4) is 0 Å². The molecule has 1 radical (unpaired) electrons. The highest BCUT2D eigenvalue weighted by Crippen LogP contribution is 2.07. The lowest BCUT2D eigenvalue weighted by atomic mass is 10.2. The number of hydrogen-bond donors (Lipinski definition) is 1. The van der Waals surface area contributed by atoms with Crippen LogP contribution in [0.5, 0.6) is 0 Å². The largest absolute Gasteiger partial charge is 0.297 e. The van der Waals surface area contributed by atoms with E-state index in [2.05, 4.69) is 44.5 Å². The van der Waals surface area contributed by atoms with E-state index in [0.717, 1.165) is 6.42 Å². The van der Waals surface area contributed by atoms with E-state index in [0.29, 0.717) is 6.17 Å². The van der Waals surface area contributed by atoms with Gasteiger partial charge in [-0.3, -0.25) is 10.2 Å². The molecule has 0 aromatic carbocycles. The minimum atomic E-state index is 0.540. The van der Waals surface area contributed by atoms with Crippen LogP contribution in [0.25, 0.3) is 0 Å². The van der Waals surface area contributed by atoms with Crippen molar-refractivity contribution in [2.75, 3.05) is 13.1 Å². The van der Waals surface area contributed by atoms with Crippen LogP contribution in [0.15, 0.2) is 0 Å². The normalized spacial score (nSPS) is 13.3. The van der Waals surface area contributed by atoms with Gasteiger partial charge in [-0.15, -0.1) is 0 Å². The molecule has 0 saturated carbocycles. The standard InChI is InChI=1S/C14H31N2/c1-5-9-12-16(13-10-6-2)14(8-4)15-11-7-3/h11,14-15H,5-10,12-13H2,1-4H3. The van der Waals surface area contributed by atoms with Crippen LogP contribution in [0.1, 0.15) is 66.2 Å². The summed E-state index contributed by atoms with van der Waals surface area (Å²) in [5.41, 5.74) is 0. The van der Waals surface area contributed by atoms with Gasteiger partial charge in [0.05, 0.1) is 6.17 Å². The van der Waals surface area contributed by atoms with Gasteiger partial charge in [0.1, 0.15) is 0 Å². The Bertz CT molecular complexity index is 129. The molecule has 0 fully saturated rings. The second-order valence-corrected chi connectivity index (χ2v) is 4.45. The third-order valence-corrected chi connectivity index (χ3v) is 2.94. The monoisotopic (exact) mass is 227 g/mol. The molecule has 1 N–H and O–H groups in total. The summed E-state index contributed by atoms with van der Waals surface area (Å²) in [5.74, 6) is 0. The van der Waals surface area contributed by atoms with E-state index in [9.17, 15) is 0 Å². The van der Waals surface area contributed by atoms with Gasteiger partial charge in [0.25, 0.3) is 0 Å². The number of hydrogen-bond acceptors (Lipinski definition) is 2. The molecule has 0 saturated heterocycles. The second kappa shape index (κ2) is 11.4. The third-order valence-electron chi connectivity index (χ3n) is 2.94. The van der Waals surface area contributed by atoms with Crippen LogP contribution in [0, 0.1) is 6.54 Å². The quantitative estimate of drug-likeness (QED) is 0.540. The molecule has 0 amide bonds. The molecule has 1 atom stereocenters. The van der Waals surface area contributed by atoms with Gasteiger partial charge in [-0.2, -0.15) is 0 Å². The van der Waals surface area contributed by atoms with E-state index in [1.807, 2.05) is 0 Å². The maximum absolute atomic E-state index is 3.54. The Balaban J connectivity index is 4.06. The molecular formula is C14H31N2. The molecule has 0 aliphatic carbocycles. The lowest BCUT2D eigenvalue weighted by Gasteiger charge is -2.31. The average Bonchev–Trinajstić information content (AvgIpc) is 2.32. The summed E-state index contributed by atoms with van der Waals surface area (Å²) in [4.78, 5) is 2.61. The lowest BCUT2D eigenvalue weighted by molar-refractivity contribution is 0.162. The van der Waals surface area contributed by atoms with Crippen molar-refractivity contribution < 1.29 is 0 Å². The molecule has 0 heterocycles. The summed E-state index contributed by atoms with van der Waals surface area (Å²) >= 11 is 0. The van der Waals surface area contributed by atoms with Crippen molar-refractivity contribution in [2.45, 2.75) is 72.4 Å². The fourth-order valence-electron chi connectivity index (χ4n) is 1.88. The topological polar surface area (TPSA) is 15.3 Å². The fourth-order valence-corrected chi connectivity index (χ4v) is 1.88. The summed E-state index contributed by atoms with van der Waals surface area (Å²) < 4.78 is 0. The van der Waals surface area contributed by atoms with Crippen molar-refractivity contribution >= 4 is 0 Å². The van der Waals surface area contributed by atoms with Gasteiger partial charge >= 0.3 is 0 Å². The first-order valence-corrected chi connectivity index (χ1v) is 7.11. The smallest absolute Gasteiger partial charge is 0.0597 e. The average molecular weight is 227 g/mol. The molecule has 0 aromatic rings. The van der Waals surface area contributed by atoms with E-state index in [-0.39, 0.29) is 0 Å². The van der Waals surface area contributed by atoms with Gasteiger partial charge in [-0.05, 0) is 38.8 Å². The highest BCUT2D eigenvalue weighted by atomic mass is 15.3. The van der Waals surface area contributed by atoms with Crippen molar-refractivity contribution in [3.63, 3.8) is 0 Å². The lowest BCUT2D eigenvalue weighted by Crippen LogP contribution is -2.45. The number of nitrogens with zero attached hydrogens (tertiary/aromatic N) is 1. The molecule has 0 aliphatic rings. The minimum Gasteiger partial charge on any atom is -0.297 e. The molecule has 1 unspecified atom stereocenters. The fraction of sp³-hybridized carbons (Fsp3) is 0.929. The molecule has 0 rings (SSSR count). The van der Waals surface area contributed by atoms with E-state index in [1.54, 1.807) is 0 Å². The Morgan fingerprint density at radius 2 is 1.56 bits per heavy atom. The van der Waals surface area contributed by atoms with Gasteiger partial charge in [0, 0.05) is 6.54 Å². The Labute approximate surface area is 103 Å². The second-order valence-electron chi connectivity index (χ2n) is 4.45. The number of unbranched alkanes of at least 4 members (excludes halogenated alkanes) is 2. The molecule has 0 aliphatic heterocycles. The van der Waals surface area contributed by atoms with Crippen LogP contribution in [-0.2, 0) is 0 Å². The maximum atomic E-state index is 3.54. The Hall–Kier alpha value is -0.0800. The summed E-state index contributed by atoms with van der Waals surface area (Å²) in [6, 6.07) is 0. The molecule has 2 heteroatoms. The summed E-state index contributed by atoms with van der Waals surface area (Å²) in [6.07, 6.45) is 8.03. The zero-order valence-corrected chi connectivity index (χ0v) is 11.8. The van der Waals surface area contributed by atoms with E-state index in [1.165, 1.54) is 45.2 Å². The number of nitrogens with one attached hydrogen (secondary N) is 1. The van der Waals surface area contributed by atoms with Crippen LogP contribution >= 0.6 is 0 Å². The first-order chi connectivity index (χ1) is 7.79. The first kappa shape index (κ1) is 15.9. The molecule has 97 valence electrons. The van der Waals surface area contributed by atoms with Crippen LogP contribution in [0.3, 0.4) is 0 Å². The van der Waals surface area contributed by atoms with Crippen LogP contribution in [0.4, 0.5) is 0 Å². The zero-order valence-electron chi connectivity index (χ0n) is 11.8. The van der Waals surface area contributed by atoms with Gasteiger partial charge in [0.15, 0.2) is 0 Å². The van der Waals surface area contributed by atoms with Gasteiger partial charge < -0.3 is 0 Å². The van der Waals surface area contributed by atoms with Crippen molar-refractivity contribution in [2.24, 2.45) is 0 Å². The molecule has 0 bridgehead atoms.